The number of anilines is 1. The van der Waals surface area contributed by atoms with Gasteiger partial charge in [0.15, 0.2) is 0 Å². The highest BCUT2D eigenvalue weighted by atomic mass is 35.5. The SMILES string of the molecule is CCOC(=O)c1ccc(NC(=O)CN(CC)S(=O)(=O)c2ccc(Cl)cc2)cc1. The lowest BCUT2D eigenvalue weighted by atomic mass is 10.2. The van der Waals surface area contributed by atoms with E-state index in [1.165, 1.54) is 36.4 Å². The van der Waals surface area contributed by atoms with E-state index in [4.69, 9.17) is 16.3 Å². The third-order valence-electron chi connectivity index (χ3n) is 3.80. The van der Waals surface area contributed by atoms with E-state index in [0.29, 0.717) is 16.3 Å². The van der Waals surface area contributed by atoms with Gasteiger partial charge in [0.2, 0.25) is 15.9 Å². The minimum atomic E-state index is -3.83. The van der Waals surface area contributed by atoms with E-state index in [2.05, 4.69) is 5.32 Å². The van der Waals surface area contributed by atoms with Gasteiger partial charge in [-0.25, -0.2) is 13.2 Å². The smallest absolute Gasteiger partial charge is 0.338 e. The number of hydrogen-bond donors (Lipinski definition) is 1. The molecule has 28 heavy (non-hydrogen) atoms. The molecule has 0 fully saturated rings. The van der Waals surface area contributed by atoms with E-state index in [0.717, 1.165) is 4.31 Å². The molecule has 0 radical (unpaired) electrons. The standard InChI is InChI=1S/C19H21ClN2O5S/c1-3-22(28(25,26)17-11-7-15(20)8-12-17)13-18(23)21-16-9-5-14(6-10-16)19(24)27-4-2/h5-12H,3-4,13H2,1-2H3,(H,21,23). The van der Waals surface area contributed by atoms with Gasteiger partial charge in [-0.05, 0) is 55.5 Å². The Hall–Kier alpha value is -2.42. The van der Waals surface area contributed by atoms with Crippen LogP contribution in [0.4, 0.5) is 5.69 Å². The highest BCUT2D eigenvalue weighted by Gasteiger charge is 2.25. The second-order valence-electron chi connectivity index (χ2n) is 5.73. The molecule has 0 atom stereocenters. The number of ether oxygens (including phenoxy) is 1. The van der Waals surface area contributed by atoms with Crippen molar-refractivity contribution < 1.29 is 22.7 Å². The molecule has 0 aliphatic rings. The zero-order chi connectivity index (χ0) is 20.7. The summed E-state index contributed by atoms with van der Waals surface area (Å²) in [6.07, 6.45) is 0. The van der Waals surface area contributed by atoms with Gasteiger partial charge in [0.05, 0.1) is 23.6 Å². The van der Waals surface area contributed by atoms with Crippen LogP contribution < -0.4 is 5.32 Å². The third-order valence-corrected chi connectivity index (χ3v) is 5.99. The Balaban J connectivity index is 2.06. The topological polar surface area (TPSA) is 92.8 Å². The maximum absolute atomic E-state index is 12.7. The van der Waals surface area contributed by atoms with E-state index in [9.17, 15) is 18.0 Å². The number of sulfonamides is 1. The molecule has 0 aromatic heterocycles. The van der Waals surface area contributed by atoms with Crippen molar-refractivity contribution in [3.05, 3.63) is 59.1 Å². The maximum Gasteiger partial charge on any atom is 0.338 e. The number of hydrogen-bond acceptors (Lipinski definition) is 5. The van der Waals surface area contributed by atoms with Gasteiger partial charge in [0.1, 0.15) is 0 Å². The predicted molar refractivity (Wildman–Crippen MR) is 107 cm³/mol. The number of amides is 1. The van der Waals surface area contributed by atoms with Crippen molar-refractivity contribution in [3.8, 4) is 0 Å². The van der Waals surface area contributed by atoms with E-state index < -0.39 is 21.9 Å². The lowest BCUT2D eigenvalue weighted by Crippen LogP contribution is -2.37. The van der Waals surface area contributed by atoms with Gasteiger partial charge in [-0.3, -0.25) is 4.79 Å². The van der Waals surface area contributed by atoms with Crippen LogP contribution in [0.3, 0.4) is 0 Å². The van der Waals surface area contributed by atoms with E-state index in [1.807, 2.05) is 0 Å². The summed E-state index contributed by atoms with van der Waals surface area (Å²) in [4.78, 5) is 24.0. The van der Waals surface area contributed by atoms with Crippen LogP contribution in [0.25, 0.3) is 0 Å². The number of esters is 1. The molecule has 0 aliphatic carbocycles. The zero-order valence-electron chi connectivity index (χ0n) is 15.5. The molecule has 2 aromatic carbocycles. The number of nitrogens with one attached hydrogen (secondary N) is 1. The van der Waals surface area contributed by atoms with E-state index >= 15 is 0 Å². The highest BCUT2D eigenvalue weighted by Crippen LogP contribution is 2.18. The van der Waals surface area contributed by atoms with E-state index in [-0.39, 0.29) is 24.6 Å². The van der Waals surface area contributed by atoms with Crippen LogP contribution in [0.1, 0.15) is 24.2 Å². The van der Waals surface area contributed by atoms with Gasteiger partial charge < -0.3 is 10.1 Å². The lowest BCUT2D eigenvalue weighted by Gasteiger charge is -2.20. The summed E-state index contributed by atoms with van der Waals surface area (Å²) < 4.78 is 31.4. The van der Waals surface area contributed by atoms with Crippen molar-refractivity contribution in [3.63, 3.8) is 0 Å². The molecular formula is C19H21ClN2O5S. The molecule has 0 saturated carbocycles. The maximum atomic E-state index is 12.7. The van der Waals surface area contributed by atoms with Crippen LogP contribution >= 0.6 is 11.6 Å². The molecule has 0 unspecified atom stereocenters. The average molecular weight is 425 g/mol. The van der Waals surface area contributed by atoms with E-state index in [1.54, 1.807) is 26.0 Å². The number of likely N-dealkylation sites (N-methyl/N-ethyl adjacent to an activating group) is 1. The quantitative estimate of drug-likeness (QED) is 0.657. The Morgan fingerprint density at radius 3 is 2.18 bits per heavy atom. The first-order valence-corrected chi connectivity index (χ1v) is 10.4. The van der Waals surface area contributed by atoms with Crippen molar-refractivity contribution in [1.82, 2.24) is 4.31 Å². The first kappa shape index (κ1) is 21.9. The molecule has 7 nitrogen and oxygen atoms in total. The van der Waals surface area contributed by atoms with Gasteiger partial charge >= 0.3 is 5.97 Å². The summed E-state index contributed by atoms with van der Waals surface area (Å²) in [5, 5.41) is 3.04. The largest absolute Gasteiger partial charge is 0.462 e. The Morgan fingerprint density at radius 1 is 1.04 bits per heavy atom. The summed E-state index contributed by atoms with van der Waals surface area (Å²) in [6.45, 7) is 3.41. The van der Waals surface area contributed by atoms with Crippen molar-refractivity contribution in [1.29, 1.82) is 0 Å². The number of nitrogens with zero attached hydrogens (tertiary/aromatic N) is 1. The fourth-order valence-corrected chi connectivity index (χ4v) is 3.92. The molecule has 2 rings (SSSR count). The fourth-order valence-electron chi connectivity index (χ4n) is 2.39. The second kappa shape index (κ2) is 9.68. The van der Waals surface area contributed by atoms with Crippen LogP contribution in [-0.4, -0.2) is 44.3 Å². The number of halogens is 1. The number of carbonyl (C=O) groups excluding carboxylic acids is 2. The summed E-state index contributed by atoms with van der Waals surface area (Å²) >= 11 is 5.80. The monoisotopic (exact) mass is 424 g/mol. The normalized spacial score (nSPS) is 11.3. The fraction of sp³-hybridized carbons (Fsp3) is 0.263. The van der Waals surface area contributed by atoms with Crippen molar-refractivity contribution in [2.45, 2.75) is 18.7 Å². The first-order chi connectivity index (χ1) is 13.3. The Morgan fingerprint density at radius 2 is 1.64 bits per heavy atom. The van der Waals surface area contributed by atoms with Crippen LogP contribution in [0.15, 0.2) is 53.4 Å². The molecule has 0 aliphatic heterocycles. The molecule has 150 valence electrons. The van der Waals surface area contributed by atoms with Crippen molar-refractivity contribution in [2.75, 3.05) is 25.0 Å². The zero-order valence-corrected chi connectivity index (χ0v) is 17.1. The van der Waals surface area contributed by atoms with Crippen LogP contribution in [0, 0.1) is 0 Å². The van der Waals surface area contributed by atoms with Crippen LogP contribution in [0.2, 0.25) is 5.02 Å². The summed E-state index contributed by atoms with van der Waals surface area (Å²) in [5.41, 5.74) is 0.804. The number of rotatable bonds is 8. The van der Waals surface area contributed by atoms with Crippen LogP contribution in [-0.2, 0) is 19.6 Å². The van der Waals surface area contributed by atoms with Gasteiger partial charge in [-0.2, -0.15) is 4.31 Å². The summed E-state index contributed by atoms with van der Waals surface area (Å²) in [7, 11) is -3.83. The minimum absolute atomic E-state index is 0.0605. The Bertz CT molecular complexity index is 928. The molecule has 0 bridgehead atoms. The molecule has 1 N–H and O–H groups in total. The molecule has 9 heteroatoms. The Labute approximate surface area is 169 Å². The summed E-state index contributed by atoms with van der Waals surface area (Å²) in [6, 6.07) is 11.9. The summed E-state index contributed by atoms with van der Waals surface area (Å²) in [5.74, 6) is -0.949. The molecule has 1 amide bonds. The second-order valence-corrected chi connectivity index (χ2v) is 8.11. The van der Waals surface area contributed by atoms with Gasteiger partial charge in [-0.1, -0.05) is 18.5 Å². The van der Waals surface area contributed by atoms with Crippen molar-refractivity contribution >= 4 is 39.2 Å². The number of benzene rings is 2. The average Bonchev–Trinajstić information content (AvgIpc) is 2.67. The third kappa shape index (κ3) is 5.54. The van der Waals surface area contributed by atoms with Crippen LogP contribution in [0.5, 0.6) is 0 Å². The predicted octanol–water partition coefficient (Wildman–Crippen LogP) is 3.17. The minimum Gasteiger partial charge on any atom is -0.462 e. The van der Waals surface area contributed by atoms with Gasteiger partial charge in [0, 0.05) is 17.3 Å². The van der Waals surface area contributed by atoms with Gasteiger partial charge in [-0.15, -0.1) is 0 Å². The highest BCUT2D eigenvalue weighted by molar-refractivity contribution is 7.89. The molecule has 0 saturated heterocycles. The molecule has 0 spiro atoms. The Kier molecular flexibility index (Phi) is 7.56. The van der Waals surface area contributed by atoms with Gasteiger partial charge in [0.25, 0.3) is 0 Å². The molecular weight excluding hydrogens is 404 g/mol. The number of carbonyl (C=O) groups is 2. The molecule has 2 aromatic rings. The first-order valence-electron chi connectivity index (χ1n) is 8.60. The van der Waals surface area contributed by atoms with Crippen molar-refractivity contribution in [2.24, 2.45) is 0 Å². The molecule has 0 heterocycles. The lowest BCUT2D eigenvalue weighted by molar-refractivity contribution is -0.116.